The quantitative estimate of drug-likeness (QED) is 0.601. The summed E-state index contributed by atoms with van der Waals surface area (Å²) in [4.78, 5) is 36.0. The predicted octanol–water partition coefficient (Wildman–Crippen LogP) is 3.53. The molecule has 2 aromatic rings. The first kappa shape index (κ1) is 22.3. The number of aliphatic carboxylic acids is 1. The summed E-state index contributed by atoms with van der Waals surface area (Å²) in [5.41, 5.74) is 4.46. The number of benzene rings is 2. The topological polar surface area (TPSA) is 105 Å². The monoisotopic (exact) mass is 424 g/mol. The van der Waals surface area contributed by atoms with E-state index in [1.807, 2.05) is 50.2 Å². The fourth-order valence-electron chi connectivity index (χ4n) is 3.86. The van der Waals surface area contributed by atoms with Crippen LogP contribution in [0.3, 0.4) is 0 Å². The van der Waals surface area contributed by atoms with Gasteiger partial charge in [-0.15, -0.1) is 0 Å². The van der Waals surface area contributed by atoms with Gasteiger partial charge >= 0.3 is 12.1 Å². The van der Waals surface area contributed by atoms with E-state index in [2.05, 4.69) is 22.8 Å². The van der Waals surface area contributed by atoms with Gasteiger partial charge in [-0.25, -0.2) is 4.79 Å². The SMILES string of the molecule is CC(C)CC(NC(=O)OCC1c2ccccc2-c2ccccc21)C(=O)N[C@@H](C)C(=O)O. The van der Waals surface area contributed by atoms with Crippen LogP contribution in [0.4, 0.5) is 4.79 Å². The van der Waals surface area contributed by atoms with E-state index in [9.17, 15) is 14.4 Å². The lowest BCUT2D eigenvalue weighted by molar-refractivity contribution is -0.141. The third-order valence-electron chi connectivity index (χ3n) is 5.39. The lowest BCUT2D eigenvalue weighted by Gasteiger charge is -2.22. The number of hydrogen-bond donors (Lipinski definition) is 3. The van der Waals surface area contributed by atoms with Gasteiger partial charge < -0.3 is 20.5 Å². The van der Waals surface area contributed by atoms with Crippen molar-refractivity contribution in [3.05, 3.63) is 59.7 Å². The van der Waals surface area contributed by atoms with E-state index >= 15 is 0 Å². The van der Waals surface area contributed by atoms with Gasteiger partial charge in [0.15, 0.2) is 0 Å². The number of carboxylic acid groups (broad SMARTS) is 1. The van der Waals surface area contributed by atoms with Crippen LogP contribution in [-0.4, -0.2) is 41.8 Å². The number of nitrogens with one attached hydrogen (secondary N) is 2. The van der Waals surface area contributed by atoms with Crippen molar-refractivity contribution in [3.8, 4) is 11.1 Å². The van der Waals surface area contributed by atoms with Crippen molar-refractivity contribution in [2.45, 2.75) is 45.2 Å². The minimum atomic E-state index is -1.14. The summed E-state index contributed by atoms with van der Waals surface area (Å²) in [6, 6.07) is 14.1. The van der Waals surface area contributed by atoms with Crippen LogP contribution >= 0.6 is 0 Å². The summed E-state index contributed by atoms with van der Waals surface area (Å²) in [7, 11) is 0. The molecule has 0 fully saturated rings. The van der Waals surface area contributed by atoms with Gasteiger partial charge in [-0.2, -0.15) is 0 Å². The maximum Gasteiger partial charge on any atom is 0.407 e. The van der Waals surface area contributed by atoms with Crippen LogP contribution in [0, 0.1) is 5.92 Å². The Morgan fingerprint density at radius 3 is 2.00 bits per heavy atom. The summed E-state index contributed by atoms with van der Waals surface area (Å²) in [5.74, 6) is -1.65. The van der Waals surface area contributed by atoms with Gasteiger partial charge in [0.1, 0.15) is 18.7 Å². The zero-order chi connectivity index (χ0) is 22.5. The summed E-state index contributed by atoms with van der Waals surface area (Å²) in [6.07, 6.45) is -0.340. The average molecular weight is 424 g/mol. The highest BCUT2D eigenvalue weighted by Gasteiger charge is 2.30. The molecule has 0 saturated carbocycles. The fraction of sp³-hybridized carbons (Fsp3) is 0.375. The molecule has 1 aliphatic carbocycles. The van der Waals surface area contributed by atoms with Crippen LogP contribution in [0.5, 0.6) is 0 Å². The van der Waals surface area contributed by atoms with Gasteiger partial charge in [0.05, 0.1) is 0 Å². The van der Waals surface area contributed by atoms with Gasteiger partial charge in [-0.3, -0.25) is 9.59 Å². The van der Waals surface area contributed by atoms with Crippen molar-refractivity contribution in [2.24, 2.45) is 5.92 Å². The Kier molecular flexibility index (Phi) is 6.95. The maximum atomic E-state index is 12.5. The molecular formula is C24H28N2O5. The molecule has 1 unspecified atom stereocenters. The Labute approximate surface area is 181 Å². The Balaban J connectivity index is 1.66. The molecule has 2 aromatic carbocycles. The maximum absolute atomic E-state index is 12.5. The third kappa shape index (κ3) is 5.23. The molecule has 3 rings (SSSR count). The van der Waals surface area contributed by atoms with Crippen molar-refractivity contribution < 1.29 is 24.2 Å². The fourth-order valence-corrected chi connectivity index (χ4v) is 3.86. The van der Waals surface area contributed by atoms with Gasteiger partial charge in [0.25, 0.3) is 0 Å². The molecule has 31 heavy (non-hydrogen) atoms. The van der Waals surface area contributed by atoms with E-state index in [0.717, 1.165) is 22.3 Å². The first-order chi connectivity index (χ1) is 14.8. The van der Waals surface area contributed by atoms with Crippen molar-refractivity contribution in [2.75, 3.05) is 6.61 Å². The number of alkyl carbamates (subject to hydrolysis) is 1. The lowest BCUT2D eigenvalue weighted by Crippen LogP contribution is -2.51. The second kappa shape index (κ2) is 9.64. The highest BCUT2D eigenvalue weighted by molar-refractivity contribution is 5.89. The first-order valence-corrected chi connectivity index (χ1v) is 10.4. The molecule has 1 aliphatic rings. The van der Waals surface area contributed by atoms with Gasteiger partial charge in [-0.1, -0.05) is 62.4 Å². The minimum absolute atomic E-state index is 0.0810. The van der Waals surface area contributed by atoms with Crippen LogP contribution in [-0.2, 0) is 14.3 Å². The second-order valence-electron chi connectivity index (χ2n) is 8.22. The van der Waals surface area contributed by atoms with Crippen molar-refractivity contribution >= 4 is 18.0 Å². The average Bonchev–Trinajstić information content (AvgIpc) is 3.05. The Morgan fingerprint density at radius 2 is 1.48 bits per heavy atom. The van der Waals surface area contributed by atoms with E-state index in [4.69, 9.17) is 9.84 Å². The molecule has 0 saturated heterocycles. The smallest absolute Gasteiger partial charge is 0.407 e. The second-order valence-corrected chi connectivity index (χ2v) is 8.22. The molecule has 0 aromatic heterocycles. The minimum Gasteiger partial charge on any atom is -0.480 e. The summed E-state index contributed by atoms with van der Waals surface area (Å²) >= 11 is 0. The van der Waals surface area contributed by atoms with Crippen LogP contribution in [0.15, 0.2) is 48.5 Å². The molecule has 7 nitrogen and oxygen atoms in total. The first-order valence-electron chi connectivity index (χ1n) is 10.4. The normalized spacial score (nSPS) is 14.3. The summed E-state index contributed by atoms with van der Waals surface area (Å²) in [5, 5.41) is 14.0. The molecule has 0 bridgehead atoms. The number of carbonyl (C=O) groups excluding carboxylic acids is 2. The highest BCUT2D eigenvalue weighted by atomic mass is 16.5. The highest BCUT2D eigenvalue weighted by Crippen LogP contribution is 2.44. The number of fused-ring (bicyclic) bond motifs is 3. The molecule has 0 heterocycles. The van der Waals surface area contributed by atoms with Crippen molar-refractivity contribution in [3.63, 3.8) is 0 Å². The zero-order valence-electron chi connectivity index (χ0n) is 17.9. The molecule has 3 N–H and O–H groups in total. The Bertz CT molecular complexity index is 926. The summed E-state index contributed by atoms with van der Waals surface area (Å²) in [6.45, 7) is 5.35. The van der Waals surface area contributed by atoms with Gasteiger partial charge in [-0.05, 0) is 41.5 Å². The van der Waals surface area contributed by atoms with E-state index < -0.39 is 30.1 Å². The largest absolute Gasteiger partial charge is 0.480 e. The summed E-state index contributed by atoms with van der Waals surface area (Å²) < 4.78 is 5.51. The molecule has 0 spiro atoms. The van der Waals surface area contributed by atoms with Crippen LogP contribution in [0.1, 0.15) is 44.2 Å². The van der Waals surface area contributed by atoms with Crippen LogP contribution < -0.4 is 10.6 Å². The molecule has 2 amide bonds. The van der Waals surface area contributed by atoms with E-state index in [0.29, 0.717) is 6.42 Å². The Morgan fingerprint density at radius 1 is 0.935 bits per heavy atom. The third-order valence-corrected chi connectivity index (χ3v) is 5.39. The van der Waals surface area contributed by atoms with E-state index in [1.165, 1.54) is 6.92 Å². The molecule has 164 valence electrons. The number of ether oxygens (including phenoxy) is 1. The number of carbonyl (C=O) groups is 3. The molecular weight excluding hydrogens is 396 g/mol. The van der Waals surface area contributed by atoms with Crippen LogP contribution in [0.2, 0.25) is 0 Å². The molecule has 0 aliphatic heterocycles. The molecule has 0 radical (unpaired) electrons. The number of rotatable bonds is 8. The number of hydrogen-bond acceptors (Lipinski definition) is 4. The standard InChI is InChI=1S/C24H28N2O5/c1-14(2)12-21(22(27)25-15(3)23(28)29)26-24(30)31-13-20-18-10-6-4-8-16(18)17-9-5-7-11-19(17)20/h4-11,14-15,20-21H,12-13H2,1-3H3,(H,25,27)(H,26,30)(H,28,29)/t15-,21?/m0/s1. The van der Waals surface area contributed by atoms with Crippen LogP contribution in [0.25, 0.3) is 11.1 Å². The molecule has 7 heteroatoms. The number of amides is 2. The van der Waals surface area contributed by atoms with Crippen molar-refractivity contribution in [1.82, 2.24) is 10.6 Å². The number of carboxylic acids is 1. The lowest BCUT2D eigenvalue weighted by atomic mass is 9.98. The van der Waals surface area contributed by atoms with Gasteiger partial charge in [0.2, 0.25) is 5.91 Å². The van der Waals surface area contributed by atoms with Crippen molar-refractivity contribution in [1.29, 1.82) is 0 Å². The zero-order valence-corrected chi connectivity index (χ0v) is 17.9. The Hall–Kier alpha value is -3.35. The molecule has 2 atom stereocenters. The van der Waals surface area contributed by atoms with E-state index in [1.54, 1.807) is 0 Å². The van der Waals surface area contributed by atoms with E-state index in [-0.39, 0.29) is 18.4 Å². The predicted molar refractivity (Wildman–Crippen MR) is 117 cm³/mol. The van der Waals surface area contributed by atoms with Gasteiger partial charge in [0, 0.05) is 5.92 Å².